The van der Waals surface area contributed by atoms with Gasteiger partial charge in [-0.3, -0.25) is 9.59 Å². The Morgan fingerprint density at radius 1 is 1.29 bits per heavy atom. The maximum Gasteiger partial charge on any atom is 0.295 e. The summed E-state index contributed by atoms with van der Waals surface area (Å²) in [6.07, 6.45) is 5.87. The lowest BCUT2D eigenvalue weighted by atomic mass is 9.99. The summed E-state index contributed by atoms with van der Waals surface area (Å²) in [6, 6.07) is 7.79. The van der Waals surface area contributed by atoms with E-state index in [1.807, 2.05) is 28.3 Å². The van der Waals surface area contributed by atoms with Gasteiger partial charge in [0.15, 0.2) is 0 Å². The van der Waals surface area contributed by atoms with Crippen LogP contribution >= 0.6 is 22.9 Å². The van der Waals surface area contributed by atoms with Crippen LogP contribution in [0.15, 0.2) is 60.0 Å². The number of thiophene rings is 1. The van der Waals surface area contributed by atoms with E-state index in [9.17, 15) is 14.7 Å². The number of aryl methyl sites for hydroxylation is 1. The highest BCUT2D eigenvalue weighted by atomic mass is 35.5. The van der Waals surface area contributed by atoms with Crippen LogP contribution in [0.3, 0.4) is 0 Å². The van der Waals surface area contributed by atoms with Gasteiger partial charge in [-0.2, -0.15) is 0 Å². The van der Waals surface area contributed by atoms with Crippen molar-refractivity contribution >= 4 is 40.4 Å². The number of Topliss-reactive ketones (excluding diaryl/α,β-unsaturated/α-hetero) is 1. The summed E-state index contributed by atoms with van der Waals surface area (Å²) in [7, 11) is 1.46. The molecule has 1 atom stereocenters. The lowest BCUT2D eigenvalue weighted by Crippen LogP contribution is -2.31. The molecule has 0 radical (unpaired) electrons. The highest BCUT2D eigenvalue weighted by molar-refractivity contribution is 7.10. The maximum atomic E-state index is 13.0. The molecule has 1 N–H and O–H groups in total. The molecule has 9 heteroatoms. The van der Waals surface area contributed by atoms with E-state index < -0.39 is 17.7 Å². The van der Waals surface area contributed by atoms with Gasteiger partial charge in [0.05, 0.1) is 30.6 Å². The topological polar surface area (TPSA) is 84.7 Å². The molecule has 3 aromatic rings. The highest BCUT2D eigenvalue weighted by Gasteiger charge is 2.46. The van der Waals surface area contributed by atoms with Crippen molar-refractivity contribution in [1.29, 1.82) is 0 Å². The fraction of sp³-hybridized carbons (Fsp3) is 0.227. The predicted octanol–water partition coefficient (Wildman–Crippen LogP) is 4.12. The monoisotopic (exact) mass is 457 g/mol. The number of halogens is 1. The van der Waals surface area contributed by atoms with Crippen molar-refractivity contribution in [3.63, 3.8) is 0 Å². The Morgan fingerprint density at radius 3 is 2.81 bits per heavy atom. The van der Waals surface area contributed by atoms with E-state index in [2.05, 4.69) is 4.98 Å². The standard InChI is InChI=1S/C22H20ClN3O4S/c1-30-16-6-5-14(23)12-15(16)20(27)18-19(17-4-2-11-31-17)26(22(29)21(18)28)9-3-8-25-10-7-24-13-25/h2,4-7,10-13,19,27H,3,8-9H2,1H3/b20-18+. The summed E-state index contributed by atoms with van der Waals surface area (Å²) >= 11 is 7.54. The quantitative estimate of drug-likeness (QED) is 0.328. The third-order valence-corrected chi connectivity index (χ3v) is 6.30. The molecule has 2 aromatic heterocycles. The third-order valence-electron chi connectivity index (χ3n) is 5.14. The number of carbonyl (C=O) groups is 2. The van der Waals surface area contributed by atoms with E-state index in [0.717, 1.165) is 4.88 Å². The number of likely N-dealkylation sites (tertiary alicyclic amines) is 1. The Bertz CT molecular complexity index is 1130. The number of amides is 1. The summed E-state index contributed by atoms with van der Waals surface area (Å²) in [5, 5.41) is 13.4. The van der Waals surface area contributed by atoms with E-state index in [-0.39, 0.29) is 16.9 Å². The largest absolute Gasteiger partial charge is 0.507 e. The number of rotatable bonds is 7. The minimum atomic E-state index is -0.722. The molecule has 31 heavy (non-hydrogen) atoms. The van der Waals surface area contributed by atoms with Crippen LogP contribution in [0.1, 0.15) is 22.9 Å². The van der Waals surface area contributed by atoms with Gasteiger partial charge in [-0.05, 0) is 36.1 Å². The number of ether oxygens (including phenoxy) is 1. The molecule has 0 spiro atoms. The normalized spacial score (nSPS) is 18.0. The molecule has 160 valence electrons. The average molecular weight is 458 g/mol. The molecule has 3 heterocycles. The predicted molar refractivity (Wildman–Crippen MR) is 118 cm³/mol. The summed E-state index contributed by atoms with van der Waals surface area (Å²) < 4.78 is 7.24. The van der Waals surface area contributed by atoms with Gasteiger partial charge < -0.3 is 19.3 Å². The molecule has 1 amide bonds. The number of nitrogens with zero attached hydrogens (tertiary/aromatic N) is 3. The molecule has 7 nitrogen and oxygen atoms in total. The van der Waals surface area contributed by atoms with Gasteiger partial charge in [-0.25, -0.2) is 4.98 Å². The minimum absolute atomic E-state index is 0.0376. The molecule has 0 bridgehead atoms. The van der Waals surface area contributed by atoms with E-state index in [4.69, 9.17) is 16.3 Å². The highest BCUT2D eigenvalue weighted by Crippen LogP contribution is 2.42. The Balaban J connectivity index is 1.74. The zero-order valence-corrected chi connectivity index (χ0v) is 18.3. The Morgan fingerprint density at radius 2 is 2.13 bits per heavy atom. The first-order valence-electron chi connectivity index (χ1n) is 9.62. The first-order valence-corrected chi connectivity index (χ1v) is 10.9. The number of methoxy groups -OCH3 is 1. The second-order valence-electron chi connectivity index (χ2n) is 7.01. The fourth-order valence-electron chi connectivity index (χ4n) is 3.71. The number of benzene rings is 1. The molecule has 1 aliphatic rings. The summed E-state index contributed by atoms with van der Waals surface area (Å²) in [4.78, 5) is 32.3. The molecule has 1 aromatic carbocycles. The van der Waals surface area contributed by atoms with Crippen molar-refractivity contribution < 1.29 is 19.4 Å². The van der Waals surface area contributed by atoms with E-state index in [1.165, 1.54) is 29.4 Å². The third kappa shape index (κ3) is 4.08. The molecule has 0 saturated carbocycles. The minimum Gasteiger partial charge on any atom is -0.507 e. The number of hydrogen-bond donors (Lipinski definition) is 1. The SMILES string of the molecule is COc1ccc(Cl)cc1/C(O)=C1\C(=O)C(=O)N(CCCn2ccnc2)C1c1cccs1. The number of aliphatic hydroxyl groups is 1. The molecule has 1 saturated heterocycles. The van der Waals surface area contributed by atoms with Crippen molar-refractivity contribution in [3.8, 4) is 5.75 Å². The zero-order chi connectivity index (χ0) is 22.0. The molecule has 1 aliphatic heterocycles. The molecule has 1 fully saturated rings. The van der Waals surface area contributed by atoms with Crippen LogP contribution in [-0.2, 0) is 16.1 Å². The number of hydrogen-bond acceptors (Lipinski definition) is 6. The van der Waals surface area contributed by atoms with Crippen molar-refractivity contribution in [2.45, 2.75) is 19.0 Å². The molecular weight excluding hydrogens is 438 g/mol. The van der Waals surface area contributed by atoms with Crippen molar-refractivity contribution in [2.75, 3.05) is 13.7 Å². The van der Waals surface area contributed by atoms with Gasteiger partial charge in [-0.15, -0.1) is 11.3 Å². The zero-order valence-electron chi connectivity index (χ0n) is 16.7. The lowest BCUT2D eigenvalue weighted by Gasteiger charge is -2.24. The Labute approximate surface area is 188 Å². The van der Waals surface area contributed by atoms with Gasteiger partial charge in [0.2, 0.25) is 0 Å². The van der Waals surface area contributed by atoms with Crippen molar-refractivity contribution in [3.05, 3.63) is 75.5 Å². The number of aromatic nitrogens is 2. The van der Waals surface area contributed by atoms with E-state index in [0.29, 0.717) is 30.3 Å². The first kappa shape index (κ1) is 21.1. The fourth-order valence-corrected chi connectivity index (χ4v) is 4.72. The number of imidazole rings is 1. The van der Waals surface area contributed by atoms with Gasteiger partial charge >= 0.3 is 0 Å². The van der Waals surface area contributed by atoms with Gasteiger partial charge in [0, 0.05) is 35.4 Å². The first-order chi connectivity index (χ1) is 15.0. The smallest absolute Gasteiger partial charge is 0.295 e. The average Bonchev–Trinajstić information content (AvgIpc) is 3.52. The number of ketones is 1. The van der Waals surface area contributed by atoms with Gasteiger partial charge in [-0.1, -0.05) is 17.7 Å². The Kier molecular flexibility index (Phi) is 6.11. The van der Waals surface area contributed by atoms with Crippen molar-refractivity contribution in [1.82, 2.24) is 14.5 Å². The van der Waals surface area contributed by atoms with Gasteiger partial charge in [0.1, 0.15) is 11.5 Å². The summed E-state index contributed by atoms with van der Waals surface area (Å²) in [6.45, 7) is 1.01. The molecule has 1 unspecified atom stereocenters. The maximum absolute atomic E-state index is 13.0. The van der Waals surface area contributed by atoms with Gasteiger partial charge in [0.25, 0.3) is 11.7 Å². The van der Waals surface area contributed by atoms with E-state index >= 15 is 0 Å². The number of carbonyl (C=O) groups excluding carboxylic acids is 2. The van der Waals surface area contributed by atoms with Crippen LogP contribution in [0.2, 0.25) is 5.02 Å². The van der Waals surface area contributed by atoms with E-state index in [1.54, 1.807) is 24.7 Å². The van der Waals surface area contributed by atoms with Crippen LogP contribution in [0.4, 0.5) is 0 Å². The molecular formula is C22H20ClN3O4S. The molecule has 4 rings (SSSR count). The van der Waals surface area contributed by atoms with Crippen LogP contribution < -0.4 is 4.74 Å². The summed E-state index contributed by atoms with van der Waals surface area (Å²) in [5.41, 5.74) is 0.309. The molecule has 0 aliphatic carbocycles. The van der Waals surface area contributed by atoms with Crippen LogP contribution in [0.25, 0.3) is 5.76 Å². The lowest BCUT2D eigenvalue weighted by molar-refractivity contribution is -0.139. The second kappa shape index (κ2) is 8.95. The Hall–Kier alpha value is -3.10. The number of aliphatic hydroxyl groups excluding tert-OH is 1. The second-order valence-corrected chi connectivity index (χ2v) is 8.42. The van der Waals surface area contributed by atoms with Crippen LogP contribution in [0.5, 0.6) is 5.75 Å². The van der Waals surface area contributed by atoms with Crippen molar-refractivity contribution in [2.24, 2.45) is 0 Å². The van der Waals surface area contributed by atoms with Crippen LogP contribution in [-0.4, -0.2) is 44.9 Å². The van der Waals surface area contributed by atoms with Crippen LogP contribution in [0, 0.1) is 0 Å². The summed E-state index contributed by atoms with van der Waals surface area (Å²) in [5.74, 6) is -1.29.